The molecule has 2 aromatic carbocycles. The third-order valence-electron chi connectivity index (χ3n) is 5.24. The number of tetrazole rings is 1. The number of methoxy groups -OCH3 is 1. The van der Waals surface area contributed by atoms with E-state index in [0.717, 1.165) is 25.7 Å². The highest BCUT2D eigenvalue weighted by Crippen LogP contribution is 2.27. The van der Waals surface area contributed by atoms with Gasteiger partial charge in [-0.2, -0.15) is 4.80 Å². The van der Waals surface area contributed by atoms with Crippen LogP contribution in [0.2, 0.25) is 0 Å². The molecule has 1 fully saturated rings. The number of nitrogens with one attached hydrogen (secondary N) is 2. The molecule has 32 heavy (non-hydrogen) atoms. The van der Waals surface area contributed by atoms with Crippen molar-refractivity contribution in [3.05, 3.63) is 48.5 Å². The van der Waals surface area contributed by atoms with E-state index in [-0.39, 0.29) is 29.2 Å². The zero-order valence-electron chi connectivity index (χ0n) is 17.6. The lowest BCUT2D eigenvalue weighted by Gasteiger charge is -2.11. The number of ether oxygens (including phenoxy) is 1. The first-order chi connectivity index (χ1) is 15.4. The summed E-state index contributed by atoms with van der Waals surface area (Å²) >= 11 is 0. The molecular formula is C21H24N6O4S. The van der Waals surface area contributed by atoms with Gasteiger partial charge < -0.3 is 10.1 Å². The zero-order valence-corrected chi connectivity index (χ0v) is 18.4. The van der Waals surface area contributed by atoms with Gasteiger partial charge in [0.05, 0.1) is 17.7 Å². The van der Waals surface area contributed by atoms with Crippen LogP contribution in [0.3, 0.4) is 0 Å². The minimum Gasteiger partial charge on any atom is -0.497 e. The van der Waals surface area contributed by atoms with Crippen LogP contribution in [0, 0.1) is 0 Å². The Labute approximate surface area is 186 Å². The number of anilines is 1. The lowest BCUT2D eigenvalue weighted by atomic mass is 10.2. The molecule has 0 bridgehead atoms. The van der Waals surface area contributed by atoms with Crippen LogP contribution in [0.25, 0.3) is 11.4 Å². The van der Waals surface area contributed by atoms with Crippen molar-refractivity contribution in [1.82, 2.24) is 25.5 Å². The second-order valence-corrected chi connectivity index (χ2v) is 9.20. The van der Waals surface area contributed by atoms with Gasteiger partial charge in [0.25, 0.3) is 10.0 Å². The SMILES string of the molecule is COc1ccc(S(=O)(=O)Nc2ccccc2-c2nnn(CC(=O)NC3CCCC3)n2)cc1. The van der Waals surface area contributed by atoms with E-state index in [1.165, 1.54) is 24.0 Å². The molecule has 0 atom stereocenters. The first kappa shape index (κ1) is 21.8. The van der Waals surface area contributed by atoms with Gasteiger partial charge in [-0.15, -0.1) is 10.2 Å². The van der Waals surface area contributed by atoms with Gasteiger partial charge in [0.15, 0.2) is 0 Å². The Balaban J connectivity index is 1.50. The maximum Gasteiger partial charge on any atom is 0.261 e. The molecule has 0 spiro atoms. The molecule has 0 radical (unpaired) electrons. The fourth-order valence-corrected chi connectivity index (χ4v) is 4.70. The Morgan fingerprint density at radius 3 is 2.56 bits per heavy atom. The second kappa shape index (κ2) is 9.35. The molecule has 11 heteroatoms. The first-order valence-corrected chi connectivity index (χ1v) is 11.8. The number of carbonyl (C=O) groups excluding carboxylic acids is 1. The third kappa shape index (κ3) is 5.05. The third-order valence-corrected chi connectivity index (χ3v) is 6.62. The van der Waals surface area contributed by atoms with E-state index >= 15 is 0 Å². The Bertz CT molecular complexity index is 1190. The largest absolute Gasteiger partial charge is 0.497 e. The molecule has 1 heterocycles. The molecule has 0 saturated heterocycles. The molecule has 3 aromatic rings. The van der Waals surface area contributed by atoms with Crippen LogP contribution in [0.4, 0.5) is 5.69 Å². The smallest absolute Gasteiger partial charge is 0.261 e. The van der Waals surface area contributed by atoms with Gasteiger partial charge >= 0.3 is 0 Å². The highest BCUT2D eigenvalue weighted by atomic mass is 32.2. The molecule has 1 aliphatic rings. The lowest BCUT2D eigenvalue weighted by molar-refractivity contribution is -0.122. The van der Waals surface area contributed by atoms with Crippen LogP contribution >= 0.6 is 0 Å². The van der Waals surface area contributed by atoms with Gasteiger partial charge in [-0.25, -0.2) is 8.42 Å². The number of hydrogen-bond donors (Lipinski definition) is 2. The number of hydrogen-bond acceptors (Lipinski definition) is 7. The molecule has 10 nitrogen and oxygen atoms in total. The van der Waals surface area contributed by atoms with Gasteiger partial charge in [0.2, 0.25) is 11.7 Å². The fourth-order valence-electron chi connectivity index (χ4n) is 3.62. The van der Waals surface area contributed by atoms with E-state index in [0.29, 0.717) is 17.0 Å². The molecule has 4 rings (SSSR count). The Morgan fingerprint density at radius 2 is 1.84 bits per heavy atom. The molecule has 1 saturated carbocycles. The quantitative estimate of drug-likeness (QED) is 0.532. The summed E-state index contributed by atoms with van der Waals surface area (Å²) < 4.78 is 33.3. The van der Waals surface area contributed by atoms with Gasteiger partial charge in [0, 0.05) is 11.6 Å². The van der Waals surface area contributed by atoms with Gasteiger partial charge in [-0.1, -0.05) is 25.0 Å². The monoisotopic (exact) mass is 456 g/mol. The van der Waals surface area contributed by atoms with Gasteiger partial charge in [-0.3, -0.25) is 9.52 Å². The summed E-state index contributed by atoms with van der Waals surface area (Å²) in [6, 6.07) is 13.0. The maximum atomic E-state index is 12.8. The fraction of sp³-hybridized carbons (Fsp3) is 0.333. The molecule has 0 unspecified atom stereocenters. The molecule has 1 amide bonds. The van der Waals surface area contributed by atoms with Crippen molar-refractivity contribution >= 4 is 21.6 Å². The van der Waals surface area contributed by atoms with Crippen molar-refractivity contribution in [1.29, 1.82) is 0 Å². The Morgan fingerprint density at radius 1 is 1.12 bits per heavy atom. The standard InChI is InChI=1S/C21H24N6O4S/c1-31-16-10-12-17(13-11-16)32(29,30)25-19-9-5-4-8-18(19)21-23-26-27(24-21)14-20(28)22-15-6-2-3-7-15/h4-5,8-13,15,25H,2-3,6-7,14H2,1H3,(H,22,28). The number of benzene rings is 2. The number of sulfonamides is 1. The number of aromatic nitrogens is 4. The Kier molecular flexibility index (Phi) is 6.35. The van der Waals surface area contributed by atoms with E-state index in [2.05, 4.69) is 25.4 Å². The van der Waals surface area contributed by atoms with Crippen LogP contribution in [0.15, 0.2) is 53.4 Å². The summed E-state index contributed by atoms with van der Waals surface area (Å²) in [5.74, 6) is 0.600. The van der Waals surface area contributed by atoms with Gasteiger partial charge in [0.1, 0.15) is 12.3 Å². The predicted molar refractivity (Wildman–Crippen MR) is 117 cm³/mol. The minimum absolute atomic E-state index is 0.0523. The van der Waals surface area contributed by atoms with E-state index in [4.69, 9.17) is 4.74 Å². The molecule has 0 aliphatic heterocycles. The molecule has 2 N–H and O–H groups in total. The number of para-hydroxylation sites is 1. The van der Waals surface area contributed by atoms with Crippen molar-refractivity contribution in [2.24, 2.45) is 0 Å². The van der Waals surface area contributed by atoms with E-state index in [1.807, 2.05) is 0 Å². The maximum absolute atomic E-state index is 12.8. The first-order valence-electron chi connectivity index (χ1n) is 10.3. The van der Waals surface area contributed by atoms with Crippen LogP contribution in [-0.4, -0.2) is 47.7 Å². The molecule has 1 aliphatic carbocycles. The predicted octanol–water partition coefficient (Wildman–Crippen LogP) is 2.21. The highest BCUT2D eigenvalue weighted by molar-refractivity contribution is 7.92. The average Bonchev–Trinajstić information content (AvgIpc) is 3.46. The summed E-state index contributed by atoms with van der Waals surface area (Å²) in [7, 11) is -2.34. The summed E-state index contributed by atoms with van der Waals surface area (Å²) in [5.41, 5.74) is 0.755. The second-order valence-electron chi connectivity index (χ2n) is 7.52. The van der Waals surface area contributed by atoms with Crippen LogP contribution in [0.1, 0.15) is 25.7 Å². The van der Waals surface area contributed by atoms with Crippen LogP contribution in [0.5, 0.6) is 5.75 Å². The minimum atomic E-state index is -3.85. The normalized spacial score (nSPS) is 14.3. The number of nitrogens with zero attached hydrogens (tertiary/aromatic N) is 4. The topological polar surface area (TPSA) is 128 Å². The van der Waals surface area contributed by atoms with Crippen LogP contribution in [-0.2, 0) is 21.4 Å². The summed E-state index contributed by atoms with van der Waals surface area (Å²) in [5, 5.41) is 15.2. The van der Waals surface area contributed by atoms with Crippen molar-refractivity contribution in [2.45, 2.75) is 43.2 Å². The average molecular weight is 457 g/mol. The molecule has 1 aromatic heterocycles. The van der Waals surface area contributed by atoms with Crippen molar-refractivity contribution in [2.75, 3.05) is 11.8 Å². The zero-order chi connectivity index (χ0) is 22.6. The van der Waals surface area contributed by atoms with Crippen molar-refractivity contribution in [3.8, 4) is 17.1 Å². The van der Waals surface area contributed by atoms with E-state index < -0.39 is 10.0 Å². The van der Waals surface area contributed by atoms with E-state index in [9.17, 15) is 13.2 Å². The van der Waals surface area contributed by atoms with Crippen LogP contribution < -0.4 is 14.8 Å². The number of carbonyl (C=O) groups is 1. The van der Waals surface area contributed by atoms with Gasteiger partial charge in [-0.05, 0) is 54.5 Å². The summed E-state index contributed by atoms with van der Waals surface area (Å²) in [6.07, 6.45) is 4.23. The highest BCUT2D eigenvalue weighted by Gasteiger charge is 2.20. The summed E-state index contributed by atoms with van der Waals surface area (Å²) in [4.78, 5) is 13.5. The van der Waals surface area contributed by atoms with Crippen molar-refractivity contribution in [3.63, 3.8) is 0 Å². The molecular weight excluding hydrogens is 432 g/mol. The van der Waals surface area contributed by atoms with Crippen molar-refractivity contribution < 1.29 is 17.9 Å². The lowest BCUT2D eigenvalue weighted by Crippen LogP contribution is -2.35. The Hall–Kier alpha value is -3.47. The van der Waals surface area contributed by atoms with E-state index in [1.54, 1.807) is 36.4 Å². The summed E-state index contributed by atoms with van der Waals surface area (Å²) in [6.45, 7) is -0.0523. The number of amides is 1. The molecule has 168 valence electrons. The number of rotatable bonds is 8.